The van der Waals surface area contributed by atoms with E-state index in [1.165, 1.54) is 0 Å². The van der Waals surface area contributed by atoms with Crippen molar-refractivity contribution in [3.8, 4) is 0 Å². The molecular formula is C15H25N3O. The van der Waals surface area contributed by atoms with Crippen LogP contribution < -0.4 is 15.5 Å². The van der Waals surface area contributed by atoms with Gasteiger partial charge in [-0.05, 0) is 32.9 Å². The Kier molecular flexibility index (Phi) is 5.36. The van der Waals surface area contributed by atoms with Gasteiger partial charge in [0, 0.05) is 32.6 Å². The molecule has 0 saturated carbocycles. The number of anilines is 2. The van der Waals surface area contributed by atoms with Gasteiger partial charge >= 0.3 is 0 Å². The van der Waals surface area contributed by atoms with Crippen LogP contribution in [0.3, 0.4) is 0 Å². The predicted octanol–water partition coefficient (Wildman–Crippen LogP) is 2.47. The number of carbonyl (C=O) groups is 1. The molecule has 106 valence electrons. The van der Waals surface area contributed by atoms with Crippen molar-refractivity contribution in [1.29, 1.82) is 0 Å². The fourth-order valence-corrected chi connectivity index (χ4v) is 1.73. The van der Waals surface area contributed by atoms with Crippen LogP contribution in [0.2, 0.25) is 0 Å². The lowest BCUT2D eigenvalue weighted by Gasteiger charge is -2.21. The van der Waals surface area contributed by atoms with E-state index in [9.17, 15) is 4.79 Å². The number of amides is 1. The SMILES string of the molecule is CN(C)c1ccccc1NC(=O)CCNC(C)(C)C. The van der Waals surface area contributed by atoms with Crippen molar-refractivity contribution >= 4 is 17.3 Å². The summed E-state index contributed by atoms with van der Waals surface area (Å²) in [4.78, 5) is 13.9. The largest absolute Gasteiger partial charge is 0.376 e. The van der Waals surface area contributed by atoms with Gasteiger partial charge in [-0.3, -0.25) is 4.79 Å². The zero-order valence-corrected chi connectivity index (χ0v) is 12.6. The minimum absolute atomic E-state index is 0.0334. The highest BCUT2D eigenvalue weighted by molar-refractivity contribution is 5.94. The lowest BCUT2D eigenvalue weighted by molar-refractivity contribution is -0.116. The van der Waals surface area contributed by atoms with Gasteiger partial charge in [0.15, 0.2) is 0 Å². The average Bonchev–Trinajstić information content (AvgIpc) is 2.27. The van der Waals surface area contributed by atoms with Gasteiger partial charge in [0.05, 0.1) is 11.4 Å². The van der Waals surface area contributed by atoms with Crippen LogP contribution in [0, 0.1) is 0 Å². The van der Waals surface area contributed by atoms with E-state index in [4.69, 9.17) is 0 Å². The van der Waals surface area contributed by atoms with Gasteiger partial charge in [0.1, 0.15) is 0 Å². The van der Waals surface area contributed by atoms with Crippen LogP contribution in [0.15, 0.2) is 24.3 Å². The van der Waals surface area contributed by atoms with Crippen LogP contribution in [0.1, 0.15) is 27.2 Å². The molecule has 1 aromatic carbocycles. The Hall–Kier alpha value is -1.55. The first-order chi connectivity index (χ1) is 8.79. The van der Waals surface area contributed by atoms with Crippen molar-refractivity contribution in [2.75, 3.05) is 30.9 Å². The number of hydrogen-bond donors (Lipinski definition) is 2. The molecule has 0 heterocycles. The summed E-state index contributed by atoms with van der Waals surface area (Å²) in [6.45, 7) is 6.95. The smallest absolute Gasteiger partial charge is 0.225 e. The van der Waals surface area contributed by atoms with Crippen LogP contribution >= 0.6 is 0 Å². The molecule has 0 fully saturated rings. The van der Waals surface area contributed by atoms with Crippen molar-refractivity contribution in [3.63, 3.8) is 0 Å². The summed E-state index contributed by atoms with van der Waals surface area (Å²) in [5, 5.41) is 6.26. The Bertz CT molecular complexity index is 422. The van der Waals surface area contributed by atoms with E-state index in [0.29, 0.717) is 13.0 Å². The second kappa shape index (κ2) is 6.57. The maximum atomic E-state index is 11.9. The van der Waals surface area contributed by atoms with Crippen molar-refractivity contribution < 1.29 is 4.79 Å². The number of benzene rings is 1. The first kappa shape index (κ1) is 15.5. The van der Waals surface area contributed by atoms with Gasteiger partial charge in [-0.2, -0.15) is 0 Å². The van der Waals surface area contributed by atoms with Crippen LogP contribution in [-0.2, 0) is 4.79 Å². The highest BCUT2D eigenvalue weighted by Crippen LogP contribution is 2.23. The molecule has 1 amide bonds. The van der Waals surface area contributed by atoms with Gasteiger partial charge < -0.3 is 15.5 Å². The number of hydrogen-bond acceptors (Lipinski definition) is 3. The van der Waals surface area contributed by atoms with Crippen molar-refractivity contribution in [2.24, 2.45) is 0 Å². The van der Waals surface area contributed by atoms with Gasteiger partial charge in [-0.25, -0.2) is 0 Å². The topological polar surface area (TPSA) is 44.4 Å². The molecule has 0 saturated heterocycles. The Balaban J connectivity index is 2.53. The predicted molar refractivity (Wildman–Crippen MR) is 81.8 cm³/mol. The third-order valence-electron chi connectivity index (χ3n) is 2.67. The van der Waals surface area contributed by atoms with Gasteiger partial charge in [0.2, 0.25) is 5.91 Å². The molecule has 0 bridgehead atoms. The van der Waals surface area contributed by atoms with Crippen LogP contribution in [0.25, 0.3) is 0 Å². The molecule has 0 aliphatic carbocycles. The van der Waals surface area contributed by atoms with E-state index in [-0.39, 0.29) is 11.4 Å². The molecule has 0 aliphatic rings. The summed E-state index contributed by atoms with van der Waals surface area (Å²) < 4.78 is 0. The van der Waals surface area contributed by atoms with Crippen LogP contribution in [0.5, 0.6) is 0 Å². The number of nitrogens with one attached hydrogen (secondary N) is 2. The van der Waals surface area contributed by atoms with Gasteiger partial charge in [-0.1, -0.05) is 12.1 Å². The van der Waals surface area contributed by atoms with Crippen molar-refractivity contribution in [2.45, 2.75) is 32.7 Å². The summed E-state index contributed by atoms with van der Waals surface area (Å²) in [6, 6.07) is 7.80. The monoisotopic (exact) mass is 263 g/mol. The number of rotatable bonds is 5. The Morgan fingerprint density at radius 1 is 1.21 bits per heavy atom. The fraction of sp³-hybridized carbons (Fsp3) is 0.533. The lowest BCUT2D eigenvalue weighted by atomic mass is 10.1. The van der Waals surface area contributed by atoms with Crippen LogP contribution in [0.4, 0.5) is 11.4 Å². The van der Waals surface area contributed by atoms with E-state index in [0.717, 1.165) is 11.4 Å². The molecule has 0 spiro atoms. The van der Waals surface area contributed by atoms with Gasteiger partial charge in [0.25, 0.3) is 0 Å². The molecule has 4 heteroatoms. The Labute approximate surface area is 116 Å². The molecule has 1 rings (SSSR count). The molecule has 2 N–H and O–H groups in total. The zero-order chi connectivity index (χ0) is 14.5. The normalized spacial score (nSPS) is 11.2. The van der Waals surface area contributed by atoms with Gasteiger partial charge in [-0.15, -0.1) is 0 Å². The molecule has 0 unspecified atom stereocenters. The minimum Gasteiger partial charge on any atom is -0.376 e. The number of nitrogens with zero attached hydrogens (tertiary/aromatic N) is 1. The van der Waals surface area contributed by atoms with Crippen molar-refractivity contribution in [1.82, 2.24) is 5.32 Å². The number of para-hydroxylation sites is 2. The molecule has 0 aromatic heterocycles. The maximum Gasteiger partial charge on any atom is 0.225 e. The summed E-state index contributed by atoms with van der Waals surface area (Å²) in [6.07, 6.45) is 0.471. The van der Waals surface area contributed by atoms with E-state index in [1.807, 2.05) is 43.3 Å². The summed E-state index contributed by atoms with van der Waals surface area (Å²) in [5.74, 6) is 0.0334. The Morgan fingerprint density at radius 3 is 2.42 bits per heavy atom. The number of carbonyl (C=O) groups excluding carboxylic acids is 1. The van der Waals surface area contributed by atoms with Crippen molar-refractivity contribution in [3.05, 3.63) is 24.3 Å². The van der Waals surface area contributed by atoms with E-state index >= 15 is 0 Å². The zero-order valence-electron chi connectivity index (χ0n) is 12.6. The average molecular weight is 263 g/mol. The molecule has 0 radical (unpaired) electrons. The maximum absolute atomic E-state index is 11.9. The van der Waals surface area contributed by atoms with E-state index in [1.54, 1.807) is 0 Å². The first-order valence-electron chi connectivity index (χ1n) is 6.61. The highest BCUT2D eigenvalue weighted by Gasteiger charge is 2.11. The summed E-state index contributed by atoms with van der Waals surface area (Å²) in [5.41, 5.74) is 1.91. The minimum atomic E-state index is 0.0334. The van der Waals surface area contributed by atoms with E-state index < -0.39 is 0 Å². The molecule has 19 heavy (non-hydrogen) atoms. The lowest BCUT2D eigenvalue weighted by Crippen LogP contribution is -2.37. The molecule has 0 atom stereocenters. The molecular weight excluding hydrogens is 238 g/mol. The standard InChI is InChI=1S/C15H25N3O/c1-15(2,3)16-11-10-14(19)17-12-8-6-7-9-13(12)18(4)5/h6-9,16H,10-11H2,1-5H3,(H,17,19). The fourth-order valence-electron chi connectivity index (χ4n) is 1.73. The quantitative estimate of drug-likeness (QED) is 0.857. The second-order valence-electron chi connectivity index (χ2n) is 5.89. The molecule has 4 nitrogen and oxygen atoms in total. The second-order valence-corrected chi connectivity index (χ2v) is 5.89. The Morgan fingerprint density at radius 2 is 1.84 bits per heavy atom. The highest BCUT2D eigenvalue weighted by atomic mass is 16.1. The molecule has 0 aliphatic heterocycles. The summed E-state index contributed by atoms with van der Waals surface area (Å²) >= 11 is 0. The third-order valence-corrected chi connectivity index (χ3v) is 2.67. The van der Waals surface area contributed by atoms with E-state index in [2.05, 4.69) is 31.4 Å². The van der Waals surface area contributed by atoms with Crippen LogP contribution in [-0.4, -0.2) is 32.1 Å². The first-order valence-corrected chi connectivity index (χ1v) is 6.61. The summed E-state index contributed by atoms with van der Waals surface area (Å²) in [7, 11) is 3.93. The molecule has 1 aromatic rings. The third kappa shape index (κ3) is 5.75.